The predicted octanol–water partition coefficient (Wildman–Crippen LogP) is 2.90. The van der Waals surface area contributed by atoms with E-state index in [1.807, 2.05) is 35.1 Å². The van der Waals surface area contributed by atoms with Crippen molar-refractivity contribution in [3.63, 3.8) is 0 Å². The second-order valence-corrected chi connectivity index (χ2v) is 5.28. The van der Waals surface area contributed by atoms with Gasteiger partial charge in [0.2, 0.25) is 0 Å². The van der Waals surface area contributed by atoms with Gasteiger partial charge in [0.05, 0.1) is 18.3 Å². The minimum atomic E-state index is -0.0781. The van der Waals surface area contributed by atoms with E-state index in [4.69, 9.17) is 10.5 Å². The van der Waals surface area contributed by atoms with Crippen LogP contribution in [-0.2, 0) is 5.54 Å². The number of ether oxygens (including phenoxy) is 1. The molecule has 0 unspecified atom stereocenters. The highest BCUT2D eigenvalue weighted by molar-refractivity contribution is 5.72. The molecule has 2 rings (SSSR count). The van der Waals surface area contributed by atoms with Gasteiger partial charge in [-0.2, -0.15) is 5.10 Å². The molecule has 96 valence electrons. The van der Waals surface area contributed by atoms with Gasteiger partial charge in [0.1, 0.15) is 11.4 Å². The number of hydrogen-bond acceptors (Lipinski definition) is 3. The summed E-state index contributed by atoms with van der Waals surface area (Å²) in [6.07, 6.45) is 1.87. The fourth-order valence-electron chi connectivity index (χ4n) is 1.73. The molecule has 0 saturated carbocycles. The third-order valence-electron chi connectivity index (χ3n) is 2.77. The Bertz CT molecular complexity index is 552. The predicted molar refractivity (Wildman–Crippen MR) is 73.6 cm³/mol. The van der Waals surface area contributed by atoms with E-state index >= 15 is 0 Å². The Morgan fingerprint density at radius 3 is 2.56 bits per heavy atom. The summed E-state index contributed by atoms with van der Waals surface area (Å²) in [4.78, 5) is 0. The molecule has 0 aliphatic heterocycles. The molecular formula is C14H19N3O. The lowest BCUT2D eigenvalue weighted by molar-refractivity contribution is 0.356. The molecule has 0 radical (unpaired) electrons. The van der Waals surface area contributed by atoms with E-state index in [1.165, 1.54) is 0 Å². The summed E-state index contributed by atoms with van der Waals surface area (Å²) < 4.78 is 7.10. The van der Waals surface area contributed by atoms with Crippen molar-refractivity contribution in [1.82, 2.24) is 9.78 Å². The second-order valence-electron chi connectivity index (χ2n) is 5.28. The van der Waals surface area contributed by atoms with Crippen LogP contribution >= 0.6 is 0 Å². The van der Waals surface area contributed by atoms with E-state index in [2.05, 4.69) is 25.9 Å². The Balaban J connectivity index is 2.47. The van der Waals surface area contributed by atoms with E-state index in [9.17, 15) is 0 Å². The van der Waals surface area contributed by atoms with Crippen molar-refractivity contribution in [1.29, 1.82) is 0 Å². The van der Waals surface area contributed by atoms with Crippen LogP contribution in [0.5, 0.6) is 5.75 Å². The number of rotatable bonds is 2. The summed E-state index contributed by atoms with van der Waals surface area (Å²) in [6.45, 7) is 6.28. The number of anilines is 1. The Morgan fingerprint density at radius 2 is 2.00 bits per heavy atom. The monoisotopic (exact) mass is 245 g/mol. The second kappa shape index (κ2) is 4.37. The third-order valence-corrected chi connectivity index (χ3v) is 2.77. The van der Waals surface area contributed by atoms with Crippen molar-refractivity contribution < 1.29 is 4.74 Å². The fraction of sp³-hybridized carbons (Fsp3) is 0.357. The van der Waals surface area contributed by atoms with Gasteiger partial charge in [-0.3, -0.25) is 4.68 Å². The van der Waals surface area contributed by atoms with E-state index in [-0.39, 0.29) is 5.54 Å². The number of nitrogens with zero attached hydrogens (tertiary/aromatic N) is 2. The molecule has 1 heterocycles. The molecule has 1 aromatic heterocycles. The number of nitrogen functional groups attached to an aromatic ring is 1. The van der Waals surface area contributed by atoms with Crippen LogP contribution in [0, 0.1) is 0 Å². The smallest absolute Gasteiger partial charge is 0.119 e. The molecule has 0 fully saturated rings. The number of benzene rings is 1. The summed E-state index contributed by atoms with van der Waals surface area (Å²) >= 11 is 0. The van der Waals surface area contributed by atoms with Crippen LogP contribution in [0.15, 0.2) is 30.5 Å². The van der Waals surface area contributed by atoms with Gasteiger partial charge in [-0.1, -0.05) is 12.1 Å². The summed E-state index contributed by atoms with van der Waals surface area (Å²) in [5.41, 5.74) is 8.40. The molecule has 18 heavy (non-hydrogen) atoms. The molecular weight excluding hydrogens is 226 g/mol. The first-order chi connectivity index (χ1) is 8.41. The standard InChI is InChI=1S/C14H19N3O/c1-14(2,3)17-9-12(15)13(16-17)10-6-5-7-11(8-10)18-4/h5-9H,15H2,1-4H3. The molecule has 0 bridgehead atoms. The van der Waals surface area contributed by atoms with Crippen molar-refractivity contribution >= 4 is 5.69 Å². The van der Waals surface area contributed by atoms with Crippen molar-refractivity contribution in [2.75, 3.05) is 12.8 Å². The van der Waals surface area contributed by atoms with Gasteiger partial charge >= 0.3 is 0 Å². The highest BCUT2D eigenvalue weighted by Gasteiger charge is 2.17. The molecule has 0 amide bonds. The van der Waals surface area contributed by atoms with Crippen LogP contribution in [0.2, 0.25) is 0 Å². The van der Waals surface area contributed by atoms with Crippen molar-refractivity contribution in [3.05, 3.63) is 30.5 Å². The molecule has 2 aromatic rings. The first-order valence-electron chi connectivity index (χ1n) is 5.92. The third kappa shape index (κ3) is 2.32. The van der Waals surface area contributed by atoms with Gasteiger partial charge in [-0.25, -0.2) is 0 Å². The highest BCUT2D eigenvalue weighted by atomic mass is 16.5. The van der Waals surface area contributed by atoms with E-state index < -0.39 is 0 Å². The van der Waals surface area contributed by atoms with E-state index in [0.29, 0.717) is 5.69 Å². The van der Waals surface area contributed by atoms with Crippen LogP contribution in [0.4, 0.5) is 5.69 Å². The quantitative estimate of drug-likeness (QED) is 0.885. The summed E-state index contributed by atoms with van der Waals surface area (Å²) in [5, 5.41) is 4.56. The van der Waals surface area contributed by atoms with Gasteiger partial charge in [-0.15, -0.1) is 0 Å². The number of nitrogens with two attached hydrogens (primary N) is 1. The van der Waals surface area contributed by atoms with Crippen LogP contribution in [0.1, 0.15) is 20.8 Å². The first-order valence-corrected chi connectivity index (χ1v) is 5.92. The molecule has 2 N–H and O–H groups in total. The number of aromatic nitrogens is 2. The van der Waals surface area contributed by atoms with Gasteiger partial charge in [0.15, 0.2) is 0 Å². The minimum absolute atomic E-state index is 0.0781. The molecule has 0 spiro atoms. The number of methoxy groups -OCH3 is 1. The molecule has 0 atom stereocenters. The van der Waals surface area contributed by atoms with Crippen LogP contribution < -0.4 is 10.5 Å². The zero-order valence-electron chi connectivity index (χ0n) is 11.3. The minimum Gasteiger partial charge on any atom is -0.497 e. The summed E-state index contributed by atoms with van der Waals surface area (Å²) in [5.74, 6) is 0.803. The van der Waals surface area contributed by atoms with Gasteiger partial charge in [-0.05, 0) is 32.9 Å². The average Bonchev–Trinajstić information content (AvgIpc) is 2.71. The maximum Gasteiger partial charge on any atom is 0.119 e. The maximum atomic E-state index is 6.04. The molecule has 4 nitrogen and oxygen atoms in total. The lowest BCUT2D eigenvalue weighted by Crippen LogP contribution is -2.22. The normalized spacial score (nSPS) is 11.6. The largest absolute Gasteiger partial charge is 0.497 e. The van der Waals surface area contributed by atoms with Gasteiger partial charge in [0, 0.05) is 11.8 Å². The number of hydrogen-bond donors (Lipinski definition) is 1. The van der Waals surface area contributed by atoms with Crippen LogP contribution in [0.3, 0.4) is 0 Å². The SMILES string of the molecule is COc1cccc(-c2nn(C(C)(C)C)cc2N)c1. The van der Waals surface area contributed by atoms with Gasteiger partial charge in [0.25, 0.3) is 0 Å². The lowest BCUT2D eigenvalue weighted by atomic mass is 10.1. The van der Waals surface area contributed by atoms with E-state index in [0.717, 1.165) is 17.0 Å². The first kappa shape index (κ1) is 12.5. The highest BCUT2D eigenvalue weighted by Crippen LogP contribution is 2.29. The average molecular weight is 245 g/mol. The molecule has 1 aromatic carbocycles. The molecule has 0 saturated heterocycles. The topological polar surface area (TPSA) is 53.1 Å². The summed E-state index contributed by atoms with van der Waals surface area (Å²) in [7, 11) is 1.65. The zero-order valence-corrected chi connectivity index (χ0v) is 11.3. The van der Waals surface area contributed by atoms with Crippen molar-refractivity contribution in [2.45, 2.75) is 26.3 Å². The lowest BCUT2D eigenvalue weighted by Gasteiger charge is -2.18. The van der Waals surface area contributed by atoms with E-state index in [1.54, 1.807) is 7.11 Å². The fourth-order valence-corrected chi connectivity index (χ4v) is 1.73. The Kier molecular flexibility index (Phi) is 3.03. The molecule has 0 aliphatic rings. The summed E-state index contributed by atoms with van der Waals surface area (Å²) in [6, 6.07) is 7.75. The van der Waals surface area contributed by atoms with Gasteiger partial charge < -0.3 is 10.5 Å². The van der Waals surface area contributed by atoms with Crippen molar-refractivity contribution in [3.8, 4) is 17.0 Å². The Labute approximate surface area is 107 Å². The van der Waals surface area contributed by atoms with Crippen LogP contribution in [0.25, 0.3) is 11.3 Å². The Hall–Kier alpha value is -1.97. The molecule has 0 aliphatic carbocycles. The zero-order chi connectivity index (χ0) is 13.3. The van der Waals surface area contributed by atoms with Crippen LogP contribution in [-0.4, -0.2) is 16.9 Å². The van der Waals surface area contributed by atoms with Crippen molar-refractivity contribution in [2.24, 2.45) is 0 Å². The Morgan fingerprint density at radius 1 is 1.28 bits per heavy atom. The molecule has 4 heteroatoms. The maximum absolute atomic E-state index is 6.04.